The minimum Gasteiger partial charge on any atom is -0.465 e. The van der Waals surface area contributed by atoms with Crippen molar-refractivity contribution in [3.63, 3.8) is 0 Å². The molecule has 2 aliphatic rings. The minimum absolute atomic E-state index is 0.104. The van der Waals surface area contributed by atoms with Crippen LogP contribution in [0.5, 0.6) is 0 Å². The zero-order chi connectivity index (χ0) is 30.8. The smallest absolute Gasteiger partial charge is 0.338 e. The third kappa shape index (κ3) is 7.68. The summed E-state index contributed by atoms with van der Waals surface area (Å²) < 4.78 is 46.7. The van der Waals surface area contributed by atoms with Crippen molar-refractivity contribution in [2.45, 2.75) is 37.0 Å². The number of nitrogens with one attached hydrogen (secondary N) is 2. The zero-order valence-corrected chi connectivity index (χ0v) is 24.0. The molecule has 228 valence electrons. The quantitative estimate of drug-likeness (QED) is 0.382. The molecule has 42 heavy (non-hydrogen) atoms. The summed E-state index contributed by atoms with van der Waals surface area (Å²) in [7, 11) is 4.94. The summed E-state index contributed by atoms with van der Waals surface area (Å²) in [5.74, 6) is -3.10. The first kappa shape index (κ1) is 32.6. The van der Waals surface area contributed by atoms with Crippen LogP contribution in [-0.2, 0) is 18.9 Å². The van der Waals surface area contributed by atoms with Gasteiger partial charge in [-0.25, -0.2) is 28.0 Å². The molecule has 2 heterocycles. The Kier molecular flexibility index (Phi) is 11.9. The number of alkyl halides is 2. The minimum atomic E-state index is -1.02. The van der Waals surface area contributed by atoms with E-state index in [0.717, 1.165) is 13.1 Å². The Morgan fingerprint density at radius 2 is 0.929 bits per heavy atom. The Labute approximate surface area is 243 Å². The van der Waals surface area contributed by atoms with Crippen LogP contribution < -0.4 is 10.6 Å². The highest BCUT2D eigenvalue weighted by molar-refractivity contribution is 6.04. The molecule has 2 aromatic carbocycles. The molecule has 4 atom stereocenters. The Bertz CT molecular complexity index is 1190. The van der Waals surface area contributed by atoms with E-state index >= 15 is 0 Å². The fraction of sp³-hybridized carbons (Fsp3) is 0.467. The molecule has 0 unspecified atom stereocenters. The molecule has 0 spiro atoms. The van der Waals surface area contributed by atoms with Crippen LogP contribution in [0.1, 0.15) is 77.2 Å². The molecule has 12 heteroatoms. The van der Waals surface area contributed by atoms with Gasteiger partial charge in [-0.1, -0.05) is 12.1 Å². The van der Waals surface area contributed by atoms with Gasteiger partial charge in [0.2, 0.25) is 0 Å². The van der Waals surface area contributed by atoms with Crippen molar-refractivity contribution in [1.29, 1.82) is 0 Å². The van der Waals surface area contributed by atoms with Crippen LogP contribution in [0.15, 0.2) is 36.4 Å². The van der Waals surface area contributed by atoms with E-state index in [4.69, 9.17) is 0 Å². The number of carbonyl (C=O) groups is 4. The molecule has 2 fully saturated rings. The predicted molar refractivity (Wildman–Crippen MR) is 148 cm³/mol. The topological polar surface area (TPSA) is 129 Å². The molecule has 0 aliphatic carbocycles. The van der Waals surface area contributed by atoms with Crippen molar-refractivity contribution in [2.24, 2.45) is 0 Å². The Balaban J connectivity index is 0.000000230. The summed E-state index contributed by atoms with van der Waals surface area (Å²) in [6, 6.07) is 9.37. The van der Waals surface area contributed by atoms with Crippen LogP contribution in [0.25, 0.3) is 0 Å². The van der Waals surface area contributed by atoms with Gasteiger partial charge in [0.1, 0.15) is 12.3 Å². The predicted octanol–water partition coefficient (Wildman–Crippen LogP) is 3.35. The van der Waals surface area contributed by atoms with Gasteiger partial charge < -0.3 is 29.6 Å². The molecule has 0 radical (unpaired) electrons. The number of hydrogen-bond acceptors (Lipinski definition) is 10. The molecule has 0 saturated carbocycles. The summed E-state index contributed by atoms with van der Waals surface area (Å²) >= 11 is 0. The van der Waals surface area contributed by atoms with Crippen molar-refractivity contribution in [1.82, 2.24) is 10.6 Å². The second kappa shape index (κ2) is 15.4. The average molecular weight is 591 g/mol. The summed E-state index contributed by atoms with van der Waals surface area (Å²) in [5, 5.41) is 5.96. The van der Waals surface area contributed by atoms with Crippen LogP contribution in [0, 0.1) is 0 Å². The number of halogens is 2. The van der Waals surface area contributed by atoms with Gasteiger partial charge in [0, 0.05) is 24.9 Å². The number of methoxy groups -OCH3 is 4. The number of carbonyl (C=O) groups excluding carboxylic acids is 4. The number of ether oxygens (including phenoxy) is 4. The molecule has 4 rings (SSSR count). The maximum absolute atomic E-state index is 14.0. The third-order valence-corrected chi connectivity index (χ3v) is 7.38. The summed E-state index contributed by atoms with van der Waals surface area (Å²) in [6.45, 7) is 2.02. The monoisotopic (exact) mass is 590 g/mol. The van der Waals surface area contributed by atoms with Crippen molar-refractivity contribution in [3.05, 3.63) is 69.8 Å². The molecular weight excluding hydrogens is 554 g/mol. The lowest BCUT2D eigenvalue weighted by molar-refractivity contribution is 0.0555. The Morgan fingerprint density at radius 3 is 1.24 bits per heavy atom. The number of rotatable bonds is 6. The van der Waals surface area contributed by atoms with Gasteiger partial charge in [0.15, 0.2) is 0 Å². The van der Waals surface area contributed by atoms with E-state index in [1.54, 1.807) is 12.1 Å². The molecule has 2 N–H and O–H groups in total. The van der Waals surface area contributed by atoms with Crippen LogP contribution in [0.2, 0.25) is 0 Å². The molecule has 2 saturated heterocycles. The van der Waals surface area contributed by atoms with Crippen molar-refractivity contribution in [3.8, 4) is 0 Å². The molecule has 10 nitrogen and oxygen atoms in total. The first-order chi connectivity index (χ1) is 20.2. The lowest BCUT2D eigenvalue weighted by Crippen LogP contribution is -2.36. The highest BCUT2D eigenvalue weighted by atomic mass is 19.1. The summed E-state index contributed by atoms with van der Waals surface area (Å²) in [5.41, 5.74) is 1.84. The average Bonchev–Trinajstić information content (AvgIpc) is 3.03. The van der Waals surface area contributed by atoms with Crippen LogP contribution in [0.3, 0.4) is 0 Å². The van der Waals surface area contributed by atoms with Crippen LogP contribution in [0.4, 0.5) is 8.78 Å². The molecular formula is C30H36F2N2O8. The second-order valence-corrected chi connectivity index (χ2v) is 9.81. The molecule has 0 amide bonds. The standard InChI is InChI=1S/2C15H18FNO4/c2*1-20-14(18)11-4-3-9(7-12(11)15(19)21-2)10-5-6-17-8-13(10)16/h2*3-4,7,10,13,17H,5-6,8H2,1-2H3/t2*10-,13-/m10/s1. The van der Waals surface area contributed by atoms with Crippen LogP contribution >= 0.6 is 0 Å². The van der Waals surface area contributed by atoms with E-state index < -0.39 is 36.2 Å². The molecule has 2 aliphatic heterocycles. The van der Waals surface area contributed by atoms with E-state index in [1.165, 1.54) is 52.7 Å². The Morgan fingerprint density at radius 1 is 0.595 bits per heavy atom. The number of benzene rings is 2. The van der Waals surface area contributed by atoms with Gasteiger partial charge in [-0.2, -0.15) is 0 Å². The van der Waals surface area contributed by atoms with E-state index in [1.807, 2.05) is 0 Å². The lowest BCUT2D eigenvalue weighted by Gasteiger charge is -2.27. The first-order valence-corrected chi connectivity index (χ1v) is 13.5. The van der Waals surface area contributed by atoms with Gasteiger partial charge in [-0.15, -0.1) is 0 Å². The van der Waals surface area contributed by atoms with Gasteiger partial charge in [-0.05, 0) is 61.3 Å². The van der Waals surface area contributed by atoms with Crippen molar-refractivity contribution < 1.29 is 46.9 Å². The second-order valence-electron chi connectivity index (χ2n) is 9.81. The van der Waals surface area contributed by atoms with Gasteiger partial charge in [0.25, 0.3) is 0 Å². The third-order valence-electron chi connectivity index (χ3n) is 7.38. The fourth-order valence-corrected chi connectivity index (χ4v) is 5.11. The SMILES string of the molecule is COC(=O)c1ccc([C@@H]2CCNC[C@@H]2F)cc1C(=O)OC.COC(=O)c1ccc([C@H]2CCNC[C@H]2F)cc1C(=O)OC. The maximum atomic E-state index is 14.0. The van der Waals surface area contributed by atoms with Crippen molar-refractivity contribution in [2.75, 3.05) is 54.6 Å². The van der Waals surface area contributed by atoms with E-state index in [-0.39, 0.29) is 47.2 Å². The van der Waals surface area contributed by atoms with Crippen molar-refractivity contribution >= 4 is 23.9 Å². The van der Waals surface area contributed by atoms with E-state index in [0.29, 0.717) is 24.0 Å². The summed E-state index contributed by atoms with van der Waals surface area (Å²) in [6.07, 6.45) is -0.764. The molecule has 0 bridgehead atoms. The van der Waals surface area contributed by atoms with Gasteiger partial charge in [-0.3, -0.25) is 0 Å². The zero-order valence-electron chi connectivity index (χ0n) is 24.0. The molecule has 2 aromatic rings. The normalized spacial score (nSPS) is 21.7. The summed E-state index contributed by atoms with van der Waals surface area (Å²) in [4.78, 5) is 47.1. The van der Waals surface area contributed by atoms with E-state index in [9.17, 15) is 28.0 Å². The number of esters is 4. The Hall–Kier alpha value is -3.90. The first-order valence-electron chi connectivity index (χ1n) is 13.5. The maximum Gasteiger partial charge on any atom is 0.338 e. The highest BCUT2D eigenvalue weighted by Crippen LogP contribution is 2.31. The van der Waals surface area contributed by atoms with E-state index in [2.05, 4.69) is 29.6 Å². The molecule has 0 aromatic heterocycles. The highest BCUT2D eigenvalue weighted by Gasteiger charge is 2.29. The number of hydrogen-bond donors (Lipinski definition) is 2. The van der Waals surface area contributed by atoms with Gasteiger partial charge >= 0.3 is 23.9 Å². The van der Waals surface area contributed by atoms with Gasteiger partial charge in [0.05, 0.1) is 50.7 Å². The van der Waals surface area contributed by atoms with Crippen LogP contribution in [-0.4, -0.2) is 90.8 Å². The number of piperidine rings is 2. The largest absolute Gasteiger partial charge is 0.465 e. The lowest BCUT2D eigenvalue weighted by atomic mass is 9.87. The fourth-order valence-electron chi connectivity index (χ4n) is 5.11.